The first-order valence-electron chi connectivity index (χ1n) is 6.14. The second-order valence-corrected chi connectivity index (χ2v) is 4.52. The molecule has 1 atom stereocenters. The maximum atomic E-state index is 13.3. The van der Waals surface area contributed by atoms with Gasteiger partial charge in [-0.2, -0.15) is 0 Å². The molecule has 1 fully saturated rings. The van der Waals surface area contributed by atoms with Crippen LogP contribution >= 0.6 is 0 Å². The van der Waals surface area contributed by atoms with Crippen molar-refractivity contribution in [3.05, 3.63) is 30.1 Å². The van der Waals surface area contributed by atoms with E-state index in [0.29, 0.717) is 18.8 Å². The third kappa shape index (κ3) is 3.68. The van der Waals surface area contributed by atoms with Gasteiger partial charge in [-0.3, -0.25) is 0 Å². The van der Waals surface area contributed by atoms with Crippen molar-refractivity contribution in [2.24, 2.45) is 0 Å². The summed E-state index contributed by atoms with van der Waals surface area (Å²) in [6.45, 7) is 3.19. The minimum Gasteiger partial charge on any atom is -0.390 e. The Morgan fingerprint density at radius 2 is 2.00 bits per heavy atom. The zero-order chi connectivity index (χ0) is 12.1. The van der Waals surface area contributed by atoms with Gasteiger partial charge in [0.25, 0.3) is 0 Å². The molecule has 0 saturated carbocycles. The second-order valence-electron chi connectivity index (χ2n) is 4.52. The number of halogens is 1. The van der Waals surface area contributed by atoms with Gasteiger partial charge in [0, 0.05) is 13.1 Å². The molecular formula is C13H19FN2O. The van der Waals surface area contributed by atoms with E-state index in [1.807, 2.05) is 0 Å². The largest absolute Gasteiger partial charge is 0.390 e. The van der Waals surface area contributed by atoms with Crippen LogP contribution in [0.4, 0.5) is 10.1 Å². The van der Waals surface area contributed by atoms with Crippen molar-refractivity contribution in [3.8, 4) is 0 Å². The lowest BCUT2D eigenvalue weighted by molar-refractivity contribution is 0.135. The van der Waals surface area contributed by atoms with Crippen LogP contribution in [0.25, 0.3) is 0 Å². The van der Waals surface area contributed by atoms with E-state index < -0.39 is 6.10 Å². The monoisotopic (exact) mass is 238 g/mol. The fraction of sp³-hybridized carbons (Fsp3) is 0.538. The molecule has 1 aliphatic rings. The van der Waals surface area contributed by atoms with Crippen molar-refractivity contribution in [2.45, 2.75) is 18.9 Å². The van der Waals surface area contributed by atoms with Gasteiger partial charge in [-0.1, -0.05) is 12.1 Å². The molecule has 0 radical (unpaired) electrons. The molecule has 94 valence electrons. The van der Waals surface area contributed by atoms with E-state index in [4.69, 9.17) is 0 Å². The Morgan fingerprint density at radius 1 is 1.29 bits per heavy atom. The summed E-state index contributed by atoms with van der Waals surface area (Å²) < 4.78 is 13.3. The average molecular weight is 238 g/mol. The quantitative estimate of drug-likeness (QED) is 0.819. The first-order chi connectivity index (χ1) is 8.25. The molecular weight excluding hydrogens is 219 g/mol. The summed E-state index contributed by atoms with van der Waals surface area (Å²) in [5, 5.41) is 12.8. The highest BCUT2D eigenvalue weighted by atomic mass is 19.1. The molecule has 1 aliphatic heterocycles. The average Bonchev–Trinajstić information content (AvgIpc) is 2.81. The standard InChI is InChI=1S/C13H19FN2O/c14-12-5-1-2-6-13(12)15-9-11(17)10-16-7-3-4-8-16/h1-2,5-6,11,15,17H,3-4,7-10H2. The number of hydrogen-bond donors (Lipinski definition) is 2. The molecule has 1 unspecified atom stereocenters. The fourth-order valence-corrected chi connectivity index (χ4v) is 2.16. The highest BCUT2D eigenvalue weighted by Crippen LogP contribution is 2.13. The molecule has 0 spiro atoms. The Morgan fingerprint density at radius 3 is 2.71 bits per heavy atom. The Bertz CT molecular complexity index is 353. The first kappa shape index (κ1) is 12.3. The number of anilines is 1. The van der Waals surface area contributed by atoms with Crippen molar-refractivity contribution in [1.29, 1.82) is 0 Å². The molecule has 0 amide bonds. The lowest BCUT2D eigenvalue weighted by Gasteiger charge is -2.20. The van der Waals surface area contributed by atoms with Gasteiger partial charge in [-0.15, -0.1) is 0 Å². The van der Waals surface area contributed by atoms with E-state index in [1.54, 1.807) is 18.2 Å². The van der Waals surface area contributed by atoms with Crippen LogP contribution in [0.15, 0.2) is 24.3 Å². The summed E-state index contributed by atoms with van der Waals surface area (Å²) >= 11 is 0. The topological polar surface area (TPSA) is 35.5 Å². The molecule has 0 aliphatic carbocycles. The minimum atomic E-state index is -0.451. The molecule has 1 saturated heterocycles. The molecule has 17 heavy (non-hydrogen) atoms. The van der Waals surface area contributed by atoms with Crippen molar-refractivity contribution in [1.82, 2.24) is 4.90 Å². The number of nitrogens with zero attached hydrogens (tertiary/aromatic N) is 1. The van der Waals surface area contributed by atoms with Gasteiger partial charge in [-0.05, 0) is 38.1 Å². The van der Waals surface area contributed by atoms with Crippen molar-refractivity contribution < 1.29 is 9.50 Å². The number of benzene rings is 1. The van der Waals surface area contributed by atoms with Gasteiger partial charge in [0.1, 0.15) is 5.82 Å². The first-order valence-corrected chi connectivity index (χ1v) is 6.14. The van der Waals surface area contributed by atoms with E-state index in [0.717, 1.165) is 13.1 Å². The zero-order valence-electron chi connectivity index (χ0n) is 9.90. The maximum absolute atomic E-state index is 13.3. The zero-order valence-corrected chi connectivity index (χ0v) is 9.90. The number of rotatable bonds is 5. The van der Waals surface area contributed by atoms with Crippen molar-refractivity contribution in [2.75, 3.05) is 31.5 Å². The van der Waals surface area contributed by atoms with Crippen LogP contribution in [0, 0.1) is 5.82 Å². The van der Waals surface area contributed by atoms with Crippen LogP contribution < -0.4 is 5.32 Å². The smallest absolute Gasteiger partial charge is 0.146 e. The summed E-state index contributed by atoms with van der Waals surface area (Å²) in [6, 6.07) is 6.52. The third-order valence-corrected chi connectivity index (χ3v) is 3.07. The fourth-order valence-electron chi connectivity index (χ4n) is 2.16. The number of nitrogens with one attached hydrogen (secondary N) is 1. The molecule has 1 aromatic carbocycles. The van der Waals surface area contributed by atoms with Crippen LogP contribution in [-0.2, 0) is 0 Å². The maximum Gasteiger partial charge on any atom is 0.146 e. The van der Waals surface area contributed by atoms with Gasteiger partial charge in [0.15, 0.2) is 0 Å². The lowest BCUT2D eigenvalue weighted by atomic mass is 10.2. The number of aliphatic hydroxyl groups is 1. The third-order valence-electron chi connectivity index (χ3n) is 3.07. The molecule has 1 heterocycles. The van der Waals surface area contributed by atoms with Crippen LogP contribution in [0.5, 0.6) is 0 Å². The van der Waals surface area contributed by atoms with Crippen LogP contribution in [-0.4, -0.2) is 42.3 Å². The highest BCUT2D eigenvalue weighted by Gasteiger charge is 2.15. The SMILES string of the molecule is OC(CNc1ccccc1F)CN1CCCC1. The molecule has 2 N–H and O–H groups in total. The Labute approximate surface area is 101 Å². The van der Waals surface area contributed by atoms with Gasteiger partial charge in [0.05, 0.1) is 11.8 Å². The molecule has 2 rings (SSSR count). The summed E-state index contributed by atoms with van der Waals surface area (Å²) in [5.41, 5.74) is 0.452. The van der Waals surface area contributed by atoms with Crippen LogP contribution in [0.2, 0.25) is 0 Å². The molecule has 0 bridgehead atoms. The van der Waals surface area contributed by atoms with Gasteiger partial charge in [0.2, 0.25) is 0 Å². The Hall–Kier alpha value is -1.13. The molecule has 3 nitrogen and oxygen atoms in total. The lowest BCUT2D eigenvalue weighted by Crippen LogP contribution is -2.34. The van der Waals surface area contributed by atoms with E-state index in [-0.39, 0.29) is 5.82 Å². The number of β-amino-alcohol motifs (C(OH)–C–C–N with tert-alkyl or cyclic N) is 1. The summed E-state index contributed by atoms with van der Waals surface area (Å²) in [6.07, 6.45) is 1.98. The molecule has 4 heteroatoms. The Balaban J connectivity index is 1.75. The number of para-hydroxylation sites is 1. The summed E-state index contributed by atoms with van der Waals surface area (Å²) in [5.74, 6) is -0.277. The van der Waals surface area contributed by atoms with E-state index in [2.05, 4.69) is 10.2 Å². The molecule has 0 aromatic heterocycles. The number of aliphatic hydroxyl groups excluding tert-OH is 1. The predicted octanol–water partition coefficient (Wildman–Crippen LogP) is 1.69. The second kappa shape index (κ2) is 5.98. The normalized spacial score (nSPS) is 18.2. The summed E-state index contributed by atoms with van der Waals surface area (Å²) in [4.78, 5) is 2.24. The summed E-state index contributed by atoms with van der Waals surface area (Å²) in [7, 11) is 0. The Kier molecular flexibility index (Phi) is 4.34. The van der Waals surface area contributed by atoms with Crippen LogP contribution in [0.1, 0.15) is 12.8 Å². The number of likely N-dealkylation sites (tertiary alicyclic amines) is 1. The predicted molar refractivity (Wildman–Crippen MR) is 66.6 cm³/mol. The van der Waals surface area contributed by atoms with E-state index >= 15 is 0 Å². The van der Waals surface area contributed by atoms with Gasteiger partial charge in [-0.25, -0.2) is 4.39 Å². The van der Waals surface area contributed by atoms with Crippen LogP contribution in [0.3, 0.4) is 0 Å². The number of hydrogen-bond acceptors (Lipinski definition) is 3. The van der Waals surface area contributed by atoms with E-state index in [1.165, 1.54) is 18.9 Å². The van der Waals surface area contributed by atoms with E-state index in [9.17, 15) is 9.50 Å². The highest BCUT2D eigenvalue weighted by molar-refractivity contribution is 5.44. The van der Waals surface area contributed by atoms with Gasteiger partial charge >= 0.3 is 0 Å². The van der Waals surface area contributed by atoms with Crippen molar-refractivity contribution >= 4 is 5.69 Å². The minimum absolute atomic E-state index is 0.277. The molecule has 1 aromatic rings. The van der Waals surface area contributed by atoms with Crippen molar-refractivity contribution in [3.63, 3.8) is 0 Å². The van der Waals surface area contributed by atoms with Gasteiger partial charge < -0.3 is 15.3 Å².